The number of aromatic nitrogens is 5. The normalized spacial score (nSPS) is 12.5. The molecule has 3 aromatic heterocycles. The van der Waals surface area contributed by atoms with Gasteiger partial charge >= 0.3 is 0 Å². The summed E-state index contributed by atoms with van der Waals surface area (Å²) in [5, 5.41) is 8.63. The van der Waals surface area contributed by atoms with Gasteiger partial charge in [0, 0.05) is 36.5 Å². The number of aliphatic imine (C=N–C) groups is 1. The van der Waals surface area contributed by atoms with Gasteiger partial charge in [0.1, 0.15) is 17.3 Å². The van der Waals surface area contributed by atoms with Crippen molar-refractivity contribution in [2.45, 2.75) is 67.2 Å². The topological polar surface area (TPSA) is 132 Å². The molecule has 0 saturated carbocycles. The Hall–Kier alpha value is -4.28. The number of carbonyl (C=O) groups is 2. The second-order valence-electron chi connectivity index (χ2n) is 11.3. The van der Waals surface area contributed by atoms with E-state index in [1.807, 2.05) is 19.2 Å². The summed E-state index contributed by atoms with van der Waals surface area (Å²) in [5.41, 5.74) is 10.2. The predicted octanol–water partition coefficient (Wildman–Crippen LogP) is 5.45. The molecule has 3 rings (SSSR count). The van der Waals surface area contributed by atoms with E-state index in [-0.39, 0.29) is 30.3 Å². The first-order valence-corrected chi connectivity index (χ1v) is 14.1. The first-order chi connectivity index (χ1) is 19.9. The zero-order valence-corrected chi connectivity index (χ0v) is 25.4. The third kappa shape index (κ3) is 8.86. The molecule has 0 unspecified atom stereocenters. The van der Waals surface area contributed by atoms with Crippen LogP contribution in [0.1, 0.15) is 76.4 Å². The summed E-state index contributed by atoms with van der Waals surface area (Å²) < 4.78 is 14.2. The number of hydrogen-bond donors (Lipinski definition) is 1. The van der Waals surface area contributed by atoms with Crippen LogP contribution >= 0.6 is 0 Å². The minimum atomic E-state index is -0.592. The number of anilines is 1. The van der Waals surface area contributed by atoms with E-state index in [4.69, 9.17) is 5.73 Å². The number of carbonyl (C=O) groups excluding carboxylic acids is 2. The van der Waals surface area contributed by atoms with E-state index in [0.717, 1.165) is 42.8 Å². The zero-order chi connectivity index (χ0) is 30.9. The highest BCUT2D eigenvalue weighted by Gasteiger charge is 2.22. The van der Waals surface area contributed by atoms with Gasteiger partial charge in [-0.15, -0.1) is 5.10 Å². The molecule has 0 atom stereocenters. The number of rotatable bonds is 13. The van der Waals surface area contributed by atoms with Crippen molar-refractivity contribution in [2.24, 2.45) is 16.1 Å². The number of amides is 1. The van der Waals surface area contributed by atoms with Crippen molar-refractivity contribution >= 4 is 23.2 Å². The average Bonchev–Trinajstić information content (AvgIpc) is 3.42. The summed E-state index contributed by atoms with van der Waals surface area (Å²) in [6, 6.07) is 3.65. The minimum Gasteiger partial charge on any atom is -0.387 e. The molecule has 0 aromatic carbocycles. The fraction of sp³-hybridized carbons (Fsp3) is 0.452. The van der Waals surface area contributed by atoms with Crippen LogP contribution in [0, 0.1) is 12.3 Å². The molecule has 224 valence electrons. The van der Waals surface area contributed by atoms with Crippen LogP contribution in [-0.4, -0.2) is 62.3 Å². The Labute approximate surface area is 247 Å². The lowest BCUT2D eigenvalue weighted by atomic mass is 9.89. The molecule has 11 heteroatoms. The first kappa shape index (κ1) is 32.2. The van der Waals surface area contributed by atoms with Crippen LogP contribution in [-0.2, 0) is 4.79 Å². The molecule has 3 aromatic rings. The highest BCUT2D eigenvalue weighted by atomic mass is 19.1. The van der Waals surface area contributed by atoms with Crippen LogP contribution in [0.15, 0.2) is 53.6 Å². The fourth-order valence-corrected chi connectivity index (χ4v) is 4.15. The Morgan fingerprint density at radius 2 is 1.93 bits per heavy atom. The number of amidine groups is 1. The van der Waals surface area contributed by atoms with Crippen molar-refractivity contribution in [1.82, 2.24) is 25.0 Å². The molecule has 0 fully saturated rings. The molecule has 3 heterocycles. The predicted molar refractivity (Wildman–Crippen MR) is 164 cm³/mol. The quantitative estimate of drug-likeness (QED) is 0.161. The van der Waals surface area contributed by atoms with Crippen LogP contribution in [0.2, 0.25) is 0 Å². The zero-order valence-electron chi connectivity index (χ0n) is 25.4. The van der Waals surface area contributed by atoms with Gasteiger partial charge in [-0.3, -0.25) is 23.9 Å². The summed E-state index contributed by atoms with van der Waals surface area (Å²) >= 11 is 0. The average molecular weight is 577 g/mol. The number of allylic oxidation sites excluding steroid dienone is 1. The maximum absolute atomic E-state index is 12.8. The number of pyridine rings is 2. The van der Waals surface area contributed by atoms with Gasteiger partial charge < -0.3 is 10.6 Å². The van der Waals surface area contributed by atoms with E-state index >= 15 is 0 Å². The Morgan fingerprint density at radius 1 is 1.17 bits per heavy atom. The van der Waals surface area contributed by atoms with Gasteiger partial charge in [0.2, 0.25) is 0 Å². The molecule has 0 aliphatic rings. The van der Waals surface area contributed by atoms with Crippen molar-refractivity contribution < 1.29 is 14.0 Å². The Bertz CT molecular complexity index is 1460. The highest BCUT2D eigenvalue weighted by molar-refractivity contribution is 6.09. The van der Waals surface area contributed by atoms with Crippen molar-refractivity contribution in [3.63, 3.8) is 0 Å². The number of Topliss-reactive ketones (excluding diaryl/α,β-unsaturated/α-hetero) is 1. The van der Waals surface area contributed by atoms with Gasteiger partial charge in [0.25, 0.3) is 5.91 Å². The molecule has 2 N–H and O–H groups in total. The summed E-state index contributed by atoms with van der Waals surface area (Å²) in [6.45, 7) is 12.6. The number of nitrogens with two attached hydrogens (primary N) is 1. The van der Waals surface area contributed by atoms with Gasteiger partial charge in [0.15, 0.2) is 0 Å². The molecule has 0 saturated heterocycles. The Kier molecular flexibility index (Phi) is 11.2. The van der Waals surface area contributed by atoms with Gasteiger partial charge in [-0.05, 0) is 45.2 Å². The minimum absolute atomic E-state index is 0.0412. The SMILES string of the molecule is CCCN(CCC=C(C)CCF)c1cncc(-c2cn(-c3cc(C(=O)N=C(N)CC(=O)C(C)(C)C)cnc3C)nn2)c1. The molecule has 0 spiro atoms. The van der Waals surface area contributed by atoms with Crippen LogP contribution in [0.5, 0.6) is 0 Å². The molecule has 0 aliphatic heterocycles. The fourth-order valence-electron chi connectivity index (χ4n) is 4.15. The van der Waals surface area contributed by atoms with E-state index in [1.165, 1.54) is 6.20 Å². The Balaban J connectivity index is 1.82. The van der Waals surface area contributed by atoms with Crippen LogP contribution in [0.4, 0.5) is 10.1 Å². The number of nitrogens with zero attached hydrogens (tertiary/aromatic N) is 7. The van der Waals surface area contributed by atoms with Gasteiger partial charge in [0.05, 0.1) is 48.1 Å². The smallest absolute Gasteiger partial charge is 0.280 e. The molecule has 10 nitrogen and oxygen atoms in total. The van der Waals surface area contributed by atoms with Gasteiger partial charge in [-0.25, -0.2) is 4.68 Å². The van der Waals surface area contributed by atoms with E-state index in [0.29, 0.717) is 23.5 Å². The van der Waals surface area contributed by atoms with Crippen LogP contribution < -0.4 is 10.6 Å². The van der Waals surface area contributed by atoms with Crippen molar-refractivity contribution in [3.8, 4) is 16.9 Å². The molecule has 0 aliphatic carbocycles. The summed E-state index contributed by atoms with van der Waals surface area (Å²) in [5.74, 6) is -0.738. The molecule has 1 amide bonds. The maximum atomic E-state index is 12.8. The third-order valence-electron chi connectivity index (χ3n) is 6.73. The highest BCUT2D eigenvalue weighted by Crippen LogP contribution is 2.24. The van der Waals surface area contributed by atoms with Crippen LogP contribution in [0.3, 0.4) is 0 Å². The molecular formula is C31H41FN8O2. The molecule has 0 bridgehead atoms. The molecule has 0 radical (unpaired) electrons. The number of ketones is 1. The van der Waals surface area contributed by atoms with E-state index in [9.17, 15) is 14.0 Å². The lowest BCUT2D eigenvalue weighted by molar-refractivity contribution is -0.125. The molecule has 42 heavy (non-hydrogen) atoms. The third-order valence-corrected chi connectivity index (χ3v) is 6.73. The summed E-state index contributed by atoms with van der Waals surface area (Å²) in [4.78, 5) is 40.0. The van der Waals surface area contributed by atoms with E-state index in [1.54, 1.807) is 50.8 Å². The van der Waals surface area contributed by atoms with Crippen molar-refractivity contribution in [2.75, 3.05) is 24.7 Å². The van der Waals surface area contributed by atoms with E-state index < -0.39 is 11.3 Å². The lowest BCUT2D eigenvalue weighted by Crippen LogP contribution is -2.27. The second kappa shape index (κ2) is 14.6. The van der Waals surface area contributed by atoms with Crippen molar-refractivity contribution in [1.29, 1.82) is 0 Å². The summed E-state index contributed by atoms with van der Waals surface area (Å²) in [7, 11) is 0. The van der Waals surface area contributed by atoms with E-state index in [2.05, 4.69) is 43.2 Å². The number of hydrogen-bond acceptors (Lipinski definition) is 7. The van der Waals surface area contributed by atoms with Gasteiger partial charge in [-0.1, -0.05) is 44.6 Å². The second-order valence-corrected chi connectivity index (χ2v) is 11.3. The Morgan fingerprint density at radius 3 is 2.62 bits per heavy atom. The van der Waals surface area contributed by atoms with Crippen molar-refractivity contribution in [3.05, 3.63) is 59.8 Å². The number of halogens is 1. The monoisotopic (exact) mass is 576 g/mol. The number of aryl methyl sites for hydroxylation is 1. The number of alkyl halides is 1. The van der Waals surface area contributed by atoms with Crippen LogP contribution in [0.25, 0.3) is 16.9 Å². The molecular weight excluding hydrogens is 535 g/mol. The largest absolute Gasteiger partial charge is 0.387 e. The van der Waals surface area contributed by atoms with Gasteiger partial charge in [-0.2, -0.15) is 4.99 Å². The lowest BCUT2D eigenvalue weighted by Gasteiger charge is -2.24. The summed E-state index contributed by atoms with van der Waals surface area (Å²) in [6.07, 6.45) is 11.0. The first-order valence-electron chi connectivity index (χ1n) is 14.1. The maximum Gasteiger partial charge on any atom is 0.280 e. The standard InChI is InChI=1S/C31H41FN8O2/c1-7-12-39(13-8-9-21(2)10-11-32)25-14-23(17-34-19-25)26-20-40(38-37-26)27-15-24(18-35-22(27)3)30(42)36-29(33)16-28(41)31(4,5)6/h9,14-15,17-20H,7-8,10-13,16H2,1-6H3,(H2,33,36,42).